The molecule has 0 aliphatic carbocycles. The summed E-state index contributed by atoms with van der Waals surface area (Å²) in [5.41, 5.74) is 4.71. The number of carbonyl (C=O) groups is 2. The van der Waals surface area contributed by atoms with Crippen LogP contribution in [0.25, 0.3) is 16.0 Å². The number of aryl methyl sites for hydroxylation is 2. The fourth-order valence-electron chi connectivity index (χ4n) is 5.66. The number of Topliss-reactive ketones (excluding diaryl/α,β-unsaturated/α-hetero) is 1. The summed E-state index contributed by atoms with van der Waals surface area (Å²) in [6.45, 7) is 8.93. The van der Waals surface area contributed by atoms with Crippen LogP contribution in [0.5, 0.6) is 17.2 Å². The van der Waals surface area contributed by atoms with Crippen LogP contribution in [0.1, 0.15) is 47.7 Å². The van der Waals surface area contributed by atoms with E-state index in [1.54, 1.807) is 42.5 Å². The molecule has 1 atom stereocenters. The maximum absolute atomic E-state index is 13.9. The number of aliphatic hydroxyl groups is 1. The molecule has 1 aliphatic rings. The summed E-state index contributed by atoms with van der Waals surface area (Å²) in [7, 11) is 0. The van der Waals surface area contributed by atoms with Crippen LogP contribution < -0.4 is 19.1 Å². The molecular weight excluding hydrogens is 600 g/mol. The van der Waals surface area contributed by atoms with Crippen LogP contribution in [0.3, 0.4) is 0 Å². The van der Waals surface area contributed by atoms with Crippen molar-refractivity contribution in [1.82, 2.24) is 4.98 Å². The number of ketones is 1. The average Bonchev–Trinajstić information content (AvgIpc) is 3.59. The first-order valence-electron chi connectivity index (χ1n) is 15.1. The largest absolute Gasteiger partial charge is 0.507 e. The first-order chi connectivity index (χ1) is 22.3. The number of hydrogen-bond donors (Lipinski definition) is 1. The molecule has 9 heteroatoms. The Labute approximate surface area is 271 Å². The van der Waals surface area contributed by atoms with Gasteiger partial charge in [0.15, 0.2) is 16.6 Å². The van der Waals surface area contributed by atoms with E-state index in [0.717, 1.165) is 26.9 Å². The van der Waals surface area contributed by atoms with E-state index in [9.17, 15) is 14.7 Å². The molecule has 0 spiro atoms. The summed E-state index contributed by atoms with van der Waals surface area (Å²) in [5, 5.41) is 12.0. The average molecular weight is 635 g/mol. The highest BCUT2D eigenvalue weighted by Crippen LogP contribution is 2.46. The quantitative estimate of drug-likeness (QED) is 0.0947. The number of carbonyl (C=O) groups excluding carboxylic acids is 2. The van der Waals surface area contributed by atoms with Crippen LogP contribution in [0.4, 0.5) is 5.13 Å². The van der Waals surface area contributed by atoms with Crippen molar-refractivity contribution in [3.05, 3.63) is 118 Å². The van der Waals surface area contributed by atoms with Gasteiger partial charge < -0.3 is 19.3 Å². The second-order valence-electron chi connectivity index (χ2n) is 11.0. The Kier molecular flexibility index (Phi) is 8.76. The maximum Gasteiger partial charge on any atom is 0.301 e. The standard InChI is InChI=1S/C37H34N2O6S/c1-5-43-27-15-12-25(13-16-27)34(40)31-33(26-14-17-28(29(20-26)44-6-2)45-21-24-10-8-7-9-11-24)39(36(42)35(31)41)37-38-32-23(4)18-22(3)19-30(32)46-37/h7-20,33,40H,5-6,21H2,1-4H3/b34-31+. The number of hydrogen-bond acceptors (Lipinski definition) is 8. The number of anilines is 1. The lowest BCUT2D eigenvalue weighted by atomic mass is 9.95. The number of thiazole rings is 1. The second-order valence-corrected chi connectivity index (χ2v) is 12.0. The van der Waals surface area contributed by atoms with Gasteiger partial charge in [-0.25, -0.2) is 4.98 Å². The highest BCUT2D eigenvalue weighted by Gasteiger charge is 2.48. The molecule has 1 aromatic heterocycles. The van der Waals surface area contributed by atoms with E-state index >= 15 is 0 Å². The van der Waals surface area contributed by atoms with Gasteiger partial charge in [0.25, 0.3) is 5.78 Å². The third-order valence-corrected chi connectivity index (χ3v) is 8.73. The Morgan fingerprint density at radius 1 is 0.870 bits per heavy atom. The lowest BCUT2D eigenvalue weighted by Crippen LogP contribution is -2.29. The van der Waals surface area contributed by atoms with Crippen LogP contribution in [0, 0.1) is 13.8 Å². The number of ether oxygens (including phenoxy) is 3. The van der Waals surface area contributed by atoms with Gasteiger partial charge in [-0.05, 0) is 92.4 Å². The van der Waals surface area contributed by atoms with E-state index in [-0.39, 0.29) is 11.3 Å². The molecule has 234 valence electrons. The summed E-state index contributed by atoms with van der Waals surface area (Å²) >= 11 is 1.33. The van der Waals surface area contributed by atoms with Gasteiger partial charge in [-0.1, -0.05) is 53.8 Å². The van der Waals surface area contributed by atoms with Crippen molar-refractivity contribution in [2.75, 3.05) is 18.1 Å². The Balaban J connectivity index is 1.49. The molecule has 1 aliphatic heterocycles. The molecule has 1 fully saturated rings. The monoisotopic (exact) mass is 634 g/mol. The Morgan fingerprint density at radius 2 is 1.61 bits per heavy atom. The summed E-state index contributed by atoms with van der Waals surface area (Å²) in [5.74, 6) is -0.255. The molecule has 1 unspecified atom stereocenters. The van der Waals surface area contributed by atoms with Gasteiger partial charge in [0.2, 0.25) is 0 Å². The highest BCUT2D eigenvalue weighted by molar-refractivity contribution is 7.22. The fraction of sp³-hybridized carbons (Fsp3) is 0.216. The molecule has 8 nitrogen and oxygen atoms in total. The summed E-state index contributed by atoms with van der Waals surface area (Å²) in [6, 6.07) is 25.0. The highest BCUT2D eigenvalue weighted by atomic mass is 32.1. The van der Waals surface area contributed by atoms with Crippen LogP contribution in [0.2, 0.25) is 0 Å². The van der Waals surface area contributed by atoms with E-state index in [1.807, 2.05) is 70.2 Å². The summed E-state index contributed by atoms with van der Waals surface area (Å²) < 4.78 is 18.6. The number of rotatable bonds is 10. The molecule has 4 aromatic carbocycles. The van der Waals surface area contributed by atoms with Gasteiger partial charge in [0.05, 0.1) is 35.0 Å². The smallest absolute Gasteiger partial charge is 0.301 e. The predicted molar refractivity (Wildman–Crippen MR) is 180 cm³/mol. The predicted octanol–water partition coefficient (Wildman–Crippen LogP) is 7.92. The molecule has 2 heterocycles. The third-order valence-electron chi connectivity index (χ3n) is 7.73. The molecule has 5 aromatic rings. The number of benzene rings is 4. The Hall–Kier alpha value is -5.15. The Morgan fingerprint density at radius 3 is 2.33 bits per heavy atom. The number of aliphatic hydroxyl groups excluding tert-OH is 1. The van der Waals surface area contributed by atoms with Crippen molar-refractivity contribution in [3.8, 4) is 17.2 Å². The zero-order valence-corrected chi connectivity index (χ0v) is 26.9. The molecule has 1 amide bonds. The third kappa shape index (κ3) is 5.93. The van der Waals surface area contributed by atoms with E-state index in [1.165, 1.54) is 16.2 Å². The van der Waals surface area contributed by atoms with Crippen LogP contribution >= 0.6 is 11.3 Å². The van der Waals surface area contributed by atoms with Gasteiger partial charge in [0, 0.05) is 5.56 Å². The minimum Gasteiger partial charge on any atom is -0.507 e. The first-order valence-corrected chi connectivity index (χ1v) is 16.0. The number of nitrogens with zero attached hydrogens (tertiary/aromatic N) is 2. The molecule has 0 bridgehead atoms. The molecule has 46 heavy (non-hydrogen) atoms. The van der Waals surface area contributed by atoms with E-state index in [2.05, 4.69) is 0 Å². The second kappa shape index (κ2) is 13.1. The van der Waals surface area contributed by atoms with Crippen LogP contribution in [-0.2, 0) is 16.2 Å². The number of amides is 1. The summed E-state index contributed by atoms with van der Waals surface area (Å²) in [4.78, 5) is 33.9. The lowest BCUT2D eigenvalue weighted by Gasteiger charge is -2.24. The molecule has 0 saturated carbocycles. The maximum atomic E-state index is 13.9. The van der Waals surface area contributed by atoms with Crippen LogP contribution in [-0.4, -0.2) is 35.0 Å². The normalized spacial score (nSPS) is 15.8. The lowest BCUT2D eigenvalue weighted by molar-refractivity contribution is -0.132. The van der Waals surface area contributed by atoms with Crippen molar-refractivity contribution >= 4 is 44.1 Å². The zero-order valence-electron chi connectivity index (χ0n) is 26.1. The van der Waals surface area contributed by atoms with E-state index in [0.29, 0.717) is 53.3 Å². The zero-order chi connectivity index (χ0) is 32.4. The van der Waals surface area contributed by atoms with Crippen molar-refractivity contribution in [3.63, 3.8) is 0 Å². The molecule has 1 saturated heterocycles. The van der Waals surface area contributed by atoms with Crippen LogP contribution in [0.15, 0.2) is 90.5 Å². The minimum atomic E-state index is -0.976. The van der Waals surface area contributed by atoms with Gasteiger partial charge in [-0.3, -0.25) is 14.5 Å². The van der Waals surface area contributed by atoms with Gasteiger partial charge >= 0.3 is 5.91 Å². The SMILES string of the molecule is CCOc1ccc(/C(O)=C2\C(=O)C(=O)N(c3nc4c(C)cc(C)cc4s3)C2c2ccc(OCc3ccccc3)c(OCC)c2)cc1. The Bertz CT molecular complexity index is 1950. The number of aromatic nitrogens is 1. The van der Waals surface area contributed by atoms with Gasteiger partial charge in [-0.2, -0.15) is 0 Å². The summed E-state index contributed by atoms with van der Waals surface area (Å²) in [6.07, 6.45) is 0. The topological polar surface area (TPSA) is 98.2 Å². The number of fused-ring (bicyclic) bond motifs is 1. The molecule has 6 rings (SSSR count). The van der Waals surface area contributed by atoms with Crippen molar-refractivity contribution in [2.45, 2.75) is 40.3 Å². The molecule has 1 N–H and O–H groups in total. The molecular formula is C37H34N2O6S. The van der Waals surface area contributed by atoms with Gasteiger partial charge in [-0.15, -0.1) is 0 Å². The first kappa shape index (κ1) is 30.9. The van der Waals surface area contributed by atoms with E-state index < -0.39 is 17.7 Å². The molecule has 0 radical (unpaired) electrons. The fourth-order valence-corrected chi connectivity index (χ4v) is 6.82. The minimum absolute atomic E-state index is 0.0401. The van der Waals surface area contributed by atoms with Crippen molar-refractivity contribution in [2.24, 2.45) is 0 Å². The van der Waals surface area contributed by atoms with Gasteiger partial charge in [0.1, 0.15) is 18.1 Å². The van der Waals surface area contributed by atoms with Crippen molar-refractivity contribution in [1.29, 1.82) is 0 Å². The van der Waals surface area contributed by atoms with Crippen molar-refractivity contribution < 1.29 is 28.9 Å². The van der Waals surface area contributed by atoms with E-state index in [4.69, 9.17) is 19.2 Å².